The van der Waals surface area contributed by atoms with Gasteiger partial charge >= 0.3 is 0 Å². The number of rotatable bonds is 8. The summed E-state index contributed by atoms with van der Waals surface area (Å²) in [7, 11) is 2.02. The summed E-state index contributed by atoms with van der Waals surface area (Å²) >= 11 is 0. The highest BCUT2D eigenvalue weighted by Gasteiger charge is 2.14. The molecule has 0 heterocycles. The van der Waals surface area contributed by atoms with Crippen molar-refractivity contribution in [3.05, 3.63) is 30.3 Å². The second-order valence-electron chi connectivity index (χ2n) is 4.45. The number of amides is 1. The van der Waals surface area contributed by atoms with E-state index >= 15 is 0 Å². The minimum absolute atomic E-state index is 0.240. The molecule has 4 heteroatoms. The van der Waals surface area contributed by atoms with E-state index in [0.29, 0.717) is 0 Å². The Balaban J connectivity index is 2.44. The molecule has 1 aromatic carbocycles. The summed E-state index contributed by atoms with van der Waals surface area (Å²) in [4.78, 5) is 13.4. The van der Waals surface area contributed by atoms with Gasteiger partial charge in [-0.2, -0.15) is 0 Å². The largest absolute Gasteiger partial charge is 0.375 e. The summed E-state index contributed by atoms with van der Waals surface area (Å²) in [6.45, 7) is 3.69. The van der Waals surface area contributed by atoms with Crippen molar-refractivity contribution in [2.45, 2.75) is 25.8 Å². The van der Waals surface area contributed by atoms with Crippen LogP contribution in [0.2, 0.25) is 0 Å². The molecular weight excluding hydrogens is 226 g/mol. The highest BCUT2D eigenvalue weighted by atomic mass is 16.1. The molecular formula is C14H23N3O. The quantitative estimate of drug-likeness (QED) is 0.731. The Labute approximate surface area is 109 Å². The number of primary amides is 1. The second kappa shape index (κ2) is 7.71. The lowest BCUT2D eigenvalue weighted by molar-refractivity contribution is -0.120. The van der Waals surface area contributed by atoms with Crippen LogP contribution in [0.15, 0.2) is 30.3 Å². The third-order valence-corrected chi connectivity index (χ3v) is 2.93. The maximum atomic E-state index is 11.3. The van der Waals surface area contributed by atoms with Gasteiger partial charge in [-0.25, -0.2) is 0 Å². The molecule has 1 rings (SSSR count). The lowest BCUT2D eigenvalue weighted by Gasteiger charge is -2.22. The molecule has 18 heavy (non-hydrogen) atoms. The summed E-state index contributed by atoms with van der Waals surface area (Å²) in [5.41, 5.74) is 6.53. The van der Waals surface area contributed by atoms with E-state index in [1.54, 1.807) is 0 Å². The van der Waals surface area contributed by atoms with E-state index in [4.69, 9.17) is 5.73 Å². The Kier molecular flexibility index (Phi) is 6.22. The van der Waals surface area contributed by atoms with Crippen molar-refractivity contribution in [2.24, 2.45) is 5.73 Å². The molecule has 3 N–H and O–H groups in total. The van der Waals surface area contributed by atoms with Gasteiger partial charge in [0.25, 0.3) is 0 Å². The Morgan fingerprint density at radius 1 is 1.39 bits per heavy atom. The molecule has 0 saturated heterocycles. The van der Waals surface area contributed by atoms with Gasteiger partial charge in [-0.15, -0.1) is 0 Å². The summed E-state index contributed by atoms with van der Waals surface area (Å²) in [6.07, 6.45) is 1.72. The number of anilines is 1. The molecule has 1 aromatic rings. The highest BCUT2D eigenvalue weighted by molar-refractivity contribution is 5.79. The van der Waals surface area contributed by atoms with Gasteiger partial charge in [0.2, 0.25) is 5.91 Å². The van der Waals surface area contributed by atoms with Gasteiger partial charge in [0.15, 0.2) is 0 Å². The van der Waals surface area contributed by atoms with E-state index in [9.17, 15) is 4.79 Å². The van der Waals surface area contributed by atoms with E-state index < -0.39 is 0 Å². The van der Waals surface area contributed by atoms with Crippen LogP contribution in [0.4, 0.5) is 5.69 Å². The minimum atomic E-state index is -0.273. The SMILES string of the molecule is CCCNC(CCN(C)c1ccccc1)C(N)=O. The first-order valence-corrected chi connectivity index (χ1v) is 6.44. The molecule has 0 aliphatic rings. The van der Waals surface area contributed by atoms with Crippen LogP contribution in [-0.4, -0.2) is 32.1 Å². The van der Waals surface area contributed by atoms with Crippen LogP contribution in [0.5, 0.6) is 0 Å². The number of benzene rings is 1. The summed E-state index contributed by atoms with van der Waals surface area (Å²) in [5, 5.41) is 3.17. The standard InChI is InChI=1S/C14H23N3O/c1-3-10-16-13(14(15)18)9-11-17(2)12-7-5-4-6-8-12/h4-8,13,16H,3,9-11H2,1-2H3,(H2,15,18). The normalized spacial score (nSPS) is 12.1. The maximum Gasteiger partial charge on any atom is 0.234 e. The average molecular weight is 249 g/mol. The van der Waals surface area contributed by atoms with E-state index in [2.05, 4.69) is 29.3 Å². The van der Waals surface area contributed by atoms with Crippen LogP contribution < -0.4 is 16.0 Å². The topological polar surface area (TPSA) is 58.4 Å². The van der Waals surface area contributed by atoms with Gasteiger partial charge in [0.1, 0.15) is 0 Å². The van der Waals surface area contributed by atoms with Crippen LogP contribution in [0.3, 0.4) is 0 Å². The van der Waals surface area contributed by atoms with Crippen molar-refractivity contribution in [2.75, 3.05) is 25.0 Å². The molecule has 0 aliphatic heterocycles. The van der Waals surface area contributed by atoms with Gasteiger partial charge in [-0.05, 0) is 31.5 Å². The summed E-state index contributed by atoms with van der Waals surface area (Å²) in [5.74, 6) is -0.273. The number of carbonyl (C=O) groups excluding carboxylic acids is 1. The van der Waals surface area contributed by atoms with E-state index in [1.807, 2.05) is 25.2 Å². The Morgan fingerprint density at radius 3 is 2.61 bits per heavy atom. The molecule has 1 amide bonds. The minimum Gasteiger partial charge on any atom is -0.375 e. The molecule has 4 nitrogen and oxygen atoms in total. The van der Waals surface area contributed by atoms with Crippen LogP contribution in [0.1, 0.15) is 19.8 Å². The van der Waals surface area contributed by atoms with Crippen molar-refractivity contribution in [1.82, 2.24) is 5.32 Å². The maximum absolute atomic E-state index is 11.3. The van der Waals surface area contributed by atoms with Crippen molar-refractivity contribution in [1.29, 1.82) is 0 Å². The molecule has 0 aromatic heterocycles. The van der Waals surface area contributed by atoms with Gasteiger partial charge < -0.3 is 16.0 Å². The van der Waals surface area contributed by atoms with Crippen LogP contribution >= 0.6 is 0 Å². The average Bonchev–Trinajstić information content (AvgIpc) is 2.39. The van der Waals surface area contributed by atoms with Crippen LogP contribution in [-0.2, 0) is 4.79 Å². The number of nitrogens with zero attached hydrogens (tertiary/aromatic N) is 1. The summed E-state index contributed by atoms with van der Waals surface area (Å²) < 4.78 is 0. The highest BCUT2D eigenvalue weighted by Crippen LogP contribution is 2.11. The third kappa shape index (κ3) is 4.75. The number of nitrogens with two attached hydrogens (primary N) is 1. The number of nitrogens with one attached hydrogen (secondary N) is 1. The molecule has 100 valence electrons. The van der Waals surface area contributed by atoms with Crippen LogP contribution in [0.25, 0.3) is 0 Å². The van der Waals surface area contributed by atoms with Crippen molar-refractivity contribution >= 4 is 11.6 Å². The van der Waals surface area contributed by atoms with E-state index in [1.165, 1.54) is 0 Å². The molecule has 0 spiro atoms. The fourth-order valence-electron chi connectivity index (χ4n) is 1.80. The van der Waals surface area contributed by atoms with Gasteiger partial charge in [0, 0.05) is 19.3 Å². The Bertz CT molecular complexity index is 353. The molecule has 0 saturated carbocycles. The zero-order chi connectivity index (χ0) is 13.4. The first-order chi connectivity index (χ1) is 8.65. The lowest BCUT2D eigenvalue weighted by Crippen LogP contribution is -2.43. The lowest BCUT2D eigenvalue weighted by atomic mass is 10.1. The zero-order valence-corrected chi connectivity index (χ0v) is 11.2. The van der Waals surface area contributed by atoms with Crippen molar-refractivity contribution in [3.8, 4) is 0 Å². The summed E-state index contributed by atoms with van der Waals surface area (Å²) in [6, 6.07) is 9.87. The number of hydrogen-bond donors (Lipinski definition) is 2. The van der Waals surface area contributed by atoms with Gasteiger partial charge in [-0.3, -0.25) is 4.79 Å². The van der Waals surface area contributed by atoms with E-state index in [-0.39, 0.29) is 11.9 Å². The molecule has 0 aliphatic carbocycles. The third-order valence-electron chi connectivity index (χ3n) is 2.93. The monoisotopic (exact) mass is 249 g/mol. The number of hydrogen-bond acceptors (Lipinski definition) is 3. The zero-order valence-electron chi connectivity index (χ0n) is 11.2. The molecule has 1 atom stereocenters. The van der Waals surface area contributed by atoms with Gasteiger partial charge in [0.05, 0.1) is 6.04 Å². The number of para-hydroxylation sites is 1. The molecule has 0 radical (unpaired) electrons. The predicted molar refractivity (Wildman–Crippen MR) is 75.6 cm³/mol. The predicted octanol–water partition coefficient (Wildman–Crippen LogP) is 1.37. The first kappa shape index (κ1) is 14.5. The second-order valence-corrected chi connectivity index (χ2v) is 4.45. The fraction of sp³-hybridized carbons (Fsp3) is 0.500. The number of carbonyl (C=O) groups is 1. The smallest absolute Gasteiger partial charge is 0.234 e. The molecule has 0 fully saturated rings. The Morgan fingerprint density at radius 2 is 2.06 bits per heavy atom. The Hall–Kier alpha value is -1.55. The van der Waals surface area contributed by atoms with Crippen molar-refractivity contribution < 1.29 is 4.79 Å². The van der Waals surface area contributed by atoms with E-state index in [0.717, 1.165) is 31.6 Å². The van der Waals surface area contributed by atoms with Gasteiger partial charge in [-0.1, -0.05) is 25.1 Å². The van der Waals surface area contributed by atoms with Crippen molar-refractivity contribution in [3.63, 3.8) is 0 Å². The molecule has 1 unspecified atom stereocenters. The molecule has 0 bridgehead atoms. The first-order valence-electron chi connectivity index (χ1n) is 6.44. The fourth-order valence-corrected chi connectivity index (χ4v) is 1.80. The van der Waals surface area contributed by atoms with Crippen LogP contribution in [0, 0.1) is 0 Å².